The highest BCUT2D eigenvalue weighted by atomic mass is 35.5. The quantitative estimate of drug-likeness (QED) is 0.842. The first-order valence-corrected chi connectivity index (χ1v) is 7.87. The predicted molar refractivity (Wildman–Crippen MR) is 90.7 cm³/mol. The van der Waals surface area contributed by atoms with Crippen molar-refractivity contribution in [3.63, 3.8) is 0 Å². The second-order valence-electron chi connectivity index (χ2n) is 5.51. The van der Waals surface area contributed by atoms with E-state index in [-0.39, 0.29) is 23.8 Å². The zero-order valence-corrected chi connectivity index (χ0v) is 13.9. The summed E-state index contributed by atoms with van der Waals surface area (Å²) in [4.78, 5) is 12.1. The molecule has 3 nitrogen and oxygen atoms in total. The van der Waals surface area contributed by atoms with Gasteiger partial charge in [-0.2, -0.15) is 0 Å². The Morgan fingerprint density at radius 2 is 1.70 bits per heavy atom. The molecule has 1 amide bonds. The van der Waals surface area contributed by atoms with E-state index >= 15 is 0 Å². The summed E-state index contributed by atoms with van der Waals surface area (Å²) < 4.78 is 12.8. The van der Waals surface area contributed by atoms with Gasteiger partial charge >= 0.3 is 0 Å². The molecule has 2 rings (SSSR count). The van der Waals surface area contributed by atoms with Gasteiger partial charge in [0.05, 0.1) is 6.04 Å². The Labute approximate surface area is 140 Å². The standard InChI is InChI=1S/C18H20ClFN2O/c1-12(15-5-7-16(19)8-6-15)22-13(2)18(23)21-11-14-3-9-17(20)10-4-14/h3-10,12-13,22H,11H2,1-2H3,(H,21,23). The maximum atomic E-state index is 12.8. The zero-order valence-electron chi connectivity index (χ0n) is 13.1. The predicted octanol–water partition coefficient (Wildman–Crippen LogP) is 3.83. The Kier molecular flexibility index (Phi) is 6.13. The van der Waals surface area contributed by atoms with E-state index in [0.717, 1.165) is 11.1 Å². The van der Waals surface area contributed by atoms with E-state index in [1.165, 1.54) is 12.1 Å². The third kappa shape index (κ3) is 5.34. The third-order valence-corrected chi connectivity index (χ3v) is 3.90. The van der Waals surface area contributed by atoms with E-state index in [0.29, 0.717) is 11.6 Å². The lowest BCUT2D eigenvalue weighted by atomic mass is 10.1. The number of carbonyl (C=O) groups excluding carboxylic acids is 1. The summed E-state index contributed by atoms with van der Waals surface area (Å²) in [7, 11) is 0. The molecule has 0 heterocycles. The molecule has 2 aromatic carbocycles. The van der Waals surface area contributed by atoms with Crippen LogP contribution in [-0.4, -0.2) is 11.9 Å². The highest BCUT2D eigenvalue weighted by molar-refractivity contribution is 6.30. The van der Waals surface area contributed by atoms with Crippen LogP contribution < -0.4 is 10.6 Å². The summed E-state index contributed by atoms with van der Waals surface area (Å²) in [6.45, 7) is 4.18. The van der Waals surface area contributed by atoms with E-state index in [1.54, 1.807) is 12.1 Å². The van der Waals surface area contributed by atoms with Crippen LogP contribution in [0.5, 0.6) is 0 Å². The normalized spacial score (nSPS) is 13.4. The first-order chi connectivity index (χ1) is 11.0. The second kappa shape index (κ2) is 8.09. The Balaban J connectivity index is 1.84. The summed E-state index contributed by atoms with van der Waals surface area (Å²) in [5.74, 6) is -0.387. The van der Waals surface area contributed by atoms with Gasteiger partial charge in [0.1, 0.15) is 5.82 Å². The minimum atomic E-state index is -0.346. The molecule has 2 N–H and O–H groups in total. The lowest BCUT2D eigenvalue weighted by Gasteiger charge is -2.20. The molecule has 0 saturated carbocycles. The van der Waals surface area contributed by atoms with Gasteiger partial charge in [0.15, 0.2) is 0 Å². The summed E-state index contributed by atoms with van der Waals surface area (Å²) in [5.41, 5.74) is 1.92. The first-order valence-electron chi connectivity index (χ1n) is 7.49. The molecule has 2 aromatic rings. The van der Waals surface area contributed by atoms with Crippen LogP contribution in [0.25, 0.3) is 0 Å². The molecular formula is C18H20ClFN2O. The topological polar surface area (TPSA) is 41.1 Å². The monoisotopic (exact) mass is 334 g/mol. The first kappa shape index (κ1) is 17.4. The maximum absolute atomic E-state index is 12.8. The second-order valence-corrected chi connectivity index (χ2v) is 5.94. The number of benzene rings is 2. The molecule has 0 aliphatic rings. The van der Waals surface area contributed by atoms with E-state index in [1.807, 2.05) is 38.1 Å². The Morgan fingerprint density at radius 3 is 2.30 bits per heavy atom. The molecule has 0 aliphatic heterocycles. The molecule has 2 atom stereocenters. The van der Waals surface area contributed by atoms with Gasteiger partial charge in [0.25, 0.3) is 0 Å². The number of amides is 1. The molecular weight excluding hydrogens is 315 g/mol. The Bertz CT molecular complexity index is 643. The van der Waals surface area contributed by atoms with E-state index < -0.39 is 0 Å². The molecule has 0 fully saturated rings. The van der Waals surface area contributed by atoms with Gasteiger partial charge in [-0.25, -0.2) is 4.39 Å². The van der Waals surface area contributed by atoms with E-state index in [4.69, 9.17) is 11.6 Å². The van der Waals surface area contributed by atoms with Crippen LogP contribution >= 0.6 is 11.6 Å². The van der Waals surface area contributed by atoms with Crippen LogP contribution in [0.3, 0.4) is 0 Å². The van der Waals surface area contributed by atoms with Gasteiger partial charge in [-0.3, -0.25) is 10.1 Å². The van der Waals surface area contributed by atoms with Crippen molar-refractivity contribution in [3.8, 4) is 0 Å². The number of nitrogens with one attached hydrogen (secondary N) is 2. The number of halogens is 2. The van der Waals surface area contributed by atoms with E-state index in [9.17, 15) is 9.18 Å². The Hall–Kier alpha value is -1.91. The fourth-order valence-electron chi connectivity index (χ4n) is 2.24. The lowest BCUT2D eigenvalue weighted by molar-refractivity contribution is -0.123. The van der Waals surface area contributed by atoms with Crippen molar-refractivity contribution in [3.05, 3.63) is 70.5 Å². The molecule has 0 bridgehead atoms. The van der Waals surface area contributed by atoms with Crippen molar-refractivity contribution < 1.29 is 9.18 Å². The van der Waals surface area contributed by atoms with Crippen molar-refractivity contribution in [1.29, 1.82) is 0 Å². The number of rotatable bonds is 6. The van der Waals surface area contributed by atoms with Crippen LogP contribution in [0.1, 0.15) is 31.0 Å². The number of carbonyl (C=O) groups is 1. The van der Waals surface area contributed by atoms with E-state index in [2.05, 4.69) is 10.6 Å². The van der Waals surface area contributed by atoms with Crippen molar-refractivity contribution in [2.75, 3.05) is 0 Å². The van der Waals surface area contributed by atoms with Gasteiger partial charge in [-0.1, -0.05) is 35.9 Å². The summed E-state index contributed by atoms with van der Waals surface area (Å²) in [6.07, 6.45) is 0. The molecule has 2 unspecified atom stereocenters. The fourth-order valence-corrected chi connectivity index (χ4v) is 2.37. The lowest BCUT2D eigenvalue weighted by Crippen LogP contribution is -2.42. The summed E-state index contributed by atoms with van der Waals surface area (Å²) in [5, 5.41) is 6.77. The van der Waals surface area contributed by atoms with Gasteiger partial charge in [0.2, 0.25) is 5.91 Å². The summed E-state index contributed by atoms with van der Waals surface area (Å²) in [6, 6.07) is 13.3. The van der Waals surface area contributed by atoms with Crippen molar-refractivity contribution in [2.24, 2.45) is 0 Å². The molecule has 0 aliphatic carbocycles. The zero-order chi connectivity index (χ0) is 16.8. The van der Waals surface area contributed by atoms with Crippen molar-refractivity contribution in [1.82, 2.24) is 10.6 Å². The van der Waals surface area contributed by atoms with Crippen molar-refractivity contribution in [2.45, 2.75) is 32.5 Å². The van der Waals surface area contributed by atoms with Crippen LogP contribution in [0.2, 0.25) is 5.02 Å². The van der Waals surface area contributed by atoms with Crippen LogP contribution in [0, 0.1) is 5.82 Å². The highest BCUT2D eigenvalue weighted by Gasteiger charge is 2.16. The maximum Gasteiger partial charge on any atom is 0.237 e. The molecule has 5 heteroatoms. The average Bonchev–Trinajstić information content (AvgIpc) is 2.54. The Morgan fingerprint density at radius 1 is 1.09 bits per heavy atom. The minimum Gasteiger partial charge on any atom is -0.351 e. The fraction of sp³-hybridized carbons (Fsp3) is 0.278. The molecule has 0 spiro atoms. The molecule has 122 valence electrons. The smallest absolute Gasteiger partial charge is 0.237 e. The van der Waals surface area contributed by atoms with Gasteiger partial charge in [-0.05, 0) is 49.2 Å². The average molecular weight is 335 g/mol. The molecule has 0 radical (unpaired) electrons. The molecule has 0 aromatic heterocycles. The largest absolute Gasteiger partial charge is 0.351 e. The van der Waals surface area contributed by atoms with Crippen LogP contribution in [-0.2, 0) is 11.3 Å². The third-order valence-electron chi connectivity index (χ3n) is 3.64. The van der Waals surface area contributed by atoms with Gasteiger partial charge < -0.3 is 5.32 Å². The highest BCUT2D eigenvalue weighted by Crippen LogP contribution is 2.16. The SMILES string of the molecule is CC(NC(C)c1ccc(Cl)cc1)C(=O)NCc1ccc(F)cc1. The van der Waals surface area contributed by atoms with Gasteiger partial charge in [-0.15, -0.1) is 0 Å². The van der Waals surface area contributed by atoms with Crippen LogP contribution in [0.4, 0.5) is 4.39 Å². The number of hydrogen-bond acceptors (Lipinski definition) is 2. The van der Waals surface area contributed by atoms with Crippen LogP contribution in [0.15, 0.2) is 48.5 Å². The van der Waals surface area contributed by atoms with Gasteiger partial charge in [0, 0.05) is 17.6 Å². The molecule has 23 heavy (non-hydrogen) atoms. The molecule has 0 saturated heterocycles. The van der Waals surface area contributed by atoms with Crippen molar-refractivity contribution >= 4 is 17.5 Å². The minimum absolute atomic E-state index is 0.0267. The summed E-state index contributed by atoms with van der Waals surface area (Å²) >= 11 is 5.87. The number of hydrogen-bond donors (Lipinski definition) is 2.